The predicted octanol–water partition coefficient (Wildman–Crippen LogP) is 5.93. The number of aryl methyl sites for hydroxylation is 3. The smallest absolute Gasteiger partial charge is 0.303 e. The summed E-state index contributed by atoms with van der Waals surface area (Å²) in [5, 5.41) is 11.8. The normalized spacial score (nSPS) is 11.8. The molecule has 0 bridgehead atoms. The molecule has 1 aromatic heterocycles. The van der Waals surface area contributed by atoms with Gasteiger partial charge < -0.3 is 14.6 Å². The van der Waals surface area contributed by atoms with E-state index in [2.05, 4.69) is 24.0 Å². The summed E-state index contributed by atoms with van der Waals surface area (Å²) in [7, 11) is 0. The number of aliphatic carboxylic acids is 1. The van der Waals surface area contributed by atoms with Crippen molar-refractivity contribution in [1.82, 2.24) is 4.98 Å². The van der Waals surface area contributed by atoms with E-state index in [4.69, 9.17) is 14.6 Å². The van der Waals surface area contributed by atoms with Gasteiger partial charge in [0.1, 0.15) is 16.5 Å². The number of carboxylic acid groups (broad SMARTS) is 1. The van der Waals surface area contributed by atoms with Gasteiger partial charge in [0.05, 0.1) is 18.3 Å². The highest BCUT2D eigenvalue weighted by Crippen LogP contribution is 2.33. The van der Waals surface area contributed by atoms with Gasteiger partial charge in [0.15, 0.2) is 0 Å². The van der Waals surface area contributed by atoms with Crippen molar-refractivity contribution in [2.75, 3.05) is 6.61 Å². The van der Waals surface area contributed by atoms with Gasteiger partial charge in [0, 0.05) is 24.4 Å². The van der Waals surface area contributed by atoms with E-state index >= 15 is 0 Å². The molecule has 1 atom stereocenters. The highest BCUT2D eigenvalue weighted by Gasteiger charge is 2.13. The Hall–Kier alpha value is -2.86. The number of benzene rings is 2. The Morgan fingerprint density at radius 2 is 2.06 bits per heavy atom. The standard InChI is InChI=1S/C25H29NO4S/c1-4-19-5-9-23(22(16-19)25-26-12-14-31-25)30-18(3)11-13-29-21-8-6-20(17(2)15-21)7-10-24(27)28/h5-6,8-9,12,14-16,18H,4,7,10-11,13H2,1-3H3,(H,27,28)/t18-/m1/s1. The minimum Gasteiger partial charge on any atom is -0.493 e. The number of hydrogen-bond donors (Lipinski definition) is 1. The Morgan fingerprint density at radius 1 is 1.23 bits per heavy atom. The maximum atomic E-state index is 10.8. The van der Waals surface area contributed by atoms with Gasteiger partial charge in [-0.25, -0.2) is 4.98 Å². The number of hydrogen-bond acceptors (Lipinski definition) is 5. The lowest BCUT2D eigenvalue weighted by Crippen LogP contribution is -2.16. The summed E-state index contributed by atoms with van der Waals surface area (Å²) >= 11 is 1.61. The van der Waals surface area contributed by atoms with Crippen LogP contribution in [0.3, 0.4) is 0 Å². The first-order chi connectivity index (χ1) is 15.0. The lowest BCUT2D eigenvalue weighted by molar-refractivity contribution is -0.136. The van der Waals surface area contributed by atoms with Gasteiger partial charge in [-0.15, -0.1) is 11.3 Å². The third-order valence-corrected chi connectivity index (χ3v) is 5.96. The quantitative estimate of drug-likeness (QED) is 0.401. The molecular weight excluding hydrogens is 410 g/mol. The number of carboxylic acids is 1. The number of nitrogens with zero attached hydrogens (tertiary/aromatic N) is 1. The van der Waals surface area contributed by atoms with Crippen molar-refractivity contribution in [3.8, 4) is 22.1 Å². The molecule has 0 radical (unpaired) electrons. The van der Waals surface area contributed by atoms with E-state index in [-0.39, 0.29) is 12.5 Å². The summed E-state index contributed by atoms with van der Waals surface area (Å²) in [6, 6.07) is 12.1. The molecular formula is C25H29NO4S. The molecule has 0 aliphatic heterocycles. The van der Waals surface area contributed by atoms with Crippen LogP contribution in [0.5, 0.6) is 11.5 Å². The summed E-state index contributed by atoms with van der Waals surface area (Å²) in [4.78, 5) is 15.2. The van der Waals surface area contributed by atoms with Gasteiger partial charge >= 0.3 is 5.97 Å². The second-order valence-electron chi connectivity index (χ2n) is 7.57. The molecule has 0 amide bonds. The van der Waals surface area contributed by atoms with Crippen molar-refractivity contribution < 1.29 is 19.4 Å². The maximum absolute atomic E-state index is 10.8. The molecule has 0 unspecified atom stereocenters. The summed E-state index contributed by atoms with van der Waals surface area (Å²) in [6.45, 7) is 6.70. The first-order valence-electron chi connectivity index (χ1n) is 10.6. The zero-order valence-electron chi connectivity index (χ0n) is 18.3. The van der Waals surface area contributed by atoms with E-state index in [9.17, 15) is 4.79 Å². The third-order valence-electron chi connectivity index (χ3n) is 5.16. The lowest BCUT2D eigenvalue weighted by atomic mass is 10.0. The van der Waals surface area contributed by atoms with Crippen LogP contribution in [0.4, 0.5) is 0 Å². The summed E-state index contributed by atoms with van der Waals surface area (Å²) in [5.74, 6) is 0.855. The SMILES string of the molecule is CCc1ccc(O[C@H](C)CCOc2ccc(CCC(=O)O)c(C)c2)c(-c2nccs2)c1. The van der Waals surface area contributed by atoms with E-state index in [0.717, 1.165) is 46.0 Å². The minimum atomic E-state index is -0.781. The number of carbonyl (C=O) groups is 1. The molecule has 0 saturated heterocycles. The molecule has 0 aliphatic rings. The average molecular weight is 440 g/mol. The molecule has 1 N–H and O–H groups in total. The van der Waals surface area contributed by atoms with E-state index in [1.807, 2.05) is 49.7 Å². The first-order valence-corrected chi connectivity index (χ1v) is 11.5. The van der Waals surface area contributed by atoms with Crippen molar-refractivity contribution >= 4 is 17.3 Å². The summed E-state index contributed by atoms with van der Waals surface area (Å²) in [5.41, 5.74) is 4.38. The molecule has 164 valence electrons. The maximum Gasteiger partial charge on any atom is 0.303 e. The number of thiazole rings is 1. The fourth-order valence-electron chi connectivity index (χ4n) is 3.32. The first kappa shape index (κ1) is 22.8. The van der Waals surface area contributed by atoms with Gasteiger partial charge in [-0.05, 0) is 67.6 Å². The highest BCUT2D eigenvalue weighted by molar-refractivity contribution is 7.13. The molecule has 0 spiro atoms. The van der Waals surface area contributed by atoms with Crippen molar-refractivity contribution in [3.63, 3.8) is 0 Å². The molecule has 0 fully saturated rings. The van der Waals surface area contributed by atoms with Crippen LogP contribution in [0, 0.1) is 6.92 Å². The van der Waals surface area contributed by atoms with Gasteiger partial charge in [-0.1, -0.05) is 19.1 Å². The Morgan fingerprint density at radius 3 is 2.74 bits per heavy atom. The van der Waals surface area contributed by atoms with Gasteiger partial charge in [0.2, 0.25) is 0 Å². The topological polar surface area (TPSA) is 68.7 Å². The van der Waals surface area contributed by atoms with E-state index in [1.54, 1.807) is 11.3 Å². The van der Waals surface area contributed by atoms with Crippen molar-refractivity contribution in [1.29, 1.82) is 0 Å². The average Bonchev–Trinajstić information content (AvgIpc) is 3.28. The number of ether oxygens (including phenoxy) is 2. The molecule has 3 rings (SSSR count). The molecule has 5 nitrogen and oxygen atoms in total. The molecule has 3 aromatic rings. The van der Waals surface area contributed by atoms with Crippen LogP contribution < -0.4 is 9.47 Å². The van der Waals surface area contributed by atoms with Crippen LogP contribution in [-0.4, -0.2) is 28.8 Å². The fourth-order valence-corrected chi connectivity index (χ4v) is 3.98. The van der Waals surface area contributed by atoms with Gasteiger partial charge in [-0.3, -0.25) is 4.79 Å². The second kappa shape index (κ2) is 11.0. The van der Waals surface area contributed by atoms with Crippen LogP contribution in [0.1, 0.15) is 43.4 Å². The number of rotatable bonds is 11. The molecule has 31 heavy (non-hydrogen) atoms. The zero-order valence-corrected chi connectivity index (χ0v) is 19.1. The Labute approximate surface area is 187 Å². The minimum absolute atomic E-state index is 0.0119. The molecule has 0 aliphatic carbocycles. The zero-order chi connectivity index (χ0) is 22.2. The summed E-state index contributed by atoms with van der Waals surface area (Å²) < 4.78 is 12.1. The van der Waals surface area contributed by atoms with Crippen molar-refractivity contribution in [2.45, 2.75) is 52.6 Å². The molecule has 6 heteroatoms. The summed E-state index contributed by atoms with van der Waals surface area (Å²) in [6.07, 6.45) is 4.18. The Balaban J connectivity index is 1.56. The van der Waals surface area contributed by atoms with Crippen LogP contribution in [0.2, 0.25) is 0 Å². The van der Waals surface area contributed by atoms with Gasteiger partial charge in [-0.2, -0.15) is 0 Å². The Bertz CT molecular complexity index is 1000. The van der Waals surface area contributed by atoms with Gasteiger partial charge in [0.25, 0.3) is 0 Å². The Kier molecular flexibility index (Phi) is 8.06. The molecule has 2 aromatic carbocycles. The van der Waals surface area contributed by atoms with Crippen molar-refractivity contribution in [3.05, 3.63) is 64.7 Å². The lowest BCUT2D eigenvalue weighted by Gasteiger charge is -2.18. The van der Waals surface area contributed by atoms with Crippen LogP contribution >= 0.6 is 11.3 Å². The highest BCUT2D eigenvalue weighted by atomic mass is 32.1. The molecule has 1 heterocycles. The largest absolute Gasteiger partial charge is 0.493 e. The van der Waals surface area contributed by atoms with E-state index in [1.165, 1.54) is 5.56 Å². The van der Waals surface area contributed by atoms with Crippen molar-refractivity contribution in [2.24, 2.45) is 0 Å². The predicted molar refractivity (Wildman–Crippen MR) is 124 cm³/mol. The van der Waals surface area contributed by atoms with E-state index < -0.39 is 5.97 Å². The fraction of sp³-hybridized carbons (Fsp3) is 0.360. The van der Waals surface area contributed by atoms with Crippen LogP contribution in [-0.2, 0) is 17.6 Å². The van der Waals surface area contributed by atoms with E-state index in [0.29, 0.717) is 13.0 Å². The monoisotopic (exact) mass is 439 g/mol. The van der Waals surface area contributed by atoms with Crippen LogP contribution in [0.25, 0.3) is 10.6 Å². The number of aromatic nitrogens is 1. The molecule has 0 saturated carbocycles. The van der Waals surface area contributed by atoms with Crippen LogP contribution in [0.15, 0.2) is 48.0 Å². The second-order valence-corrected chi connectivity index (χ2v) is 8.46. The third kappa shape index (κ3) is 6.56.